The number of anilines is 1. The van der Waals surface area contributed by atoms with Gasteiger partial charge in [0, 0.05) is 12.3 Å². The van der Waals surface area contributed by atoms with Crippen molar-refractivity contribution in [1.29, 1.82) is 0 Å². The van der Waals surface area contributed by atoms with Crippen LogP contribution in [0.5, 0.6) is 0 Å². The topological polar surface area (TPSA) is 69.6 Å². The molecule has 0 unspecified atom stereocenters. The largest absolute Gasteiger partial charge is 0.369 e. The quantitative estimate of drug-likeness (QED) is 0.704. The molecule has 0 fully saturated rings. The smallest absolute Gasteiger partial charge is 0.201 e. The number of hydrogen-bond donors (Lipinski definition) is 1. The molecule has 96 valence electrons. The molecule has 3 rings (SSSR count). The summed E-state index contributed by atoms with van der Waals surface area (Å²) in [7, 11) is 0. The van der Waals surface area contributed by atoms with E-state index in [0.29, 0.717) is 27.1 Å². The van der Waals surface area contributed by atoms with E-state index in [1.54, 1.807) is 22.9 Å². The molecule has 2 aromatic heterocycles. The van der Waals surface area contributed by atoms with Crippen molar-refractivity contribution in [3.63, 3.8) is 0 Å². The molecule has 0 saturated carbocycles. The summed E-state index contributed by atoms with van der Waals surface area (Å²) in [5.74, 6) is 0.0513. The van der Waals surface area contributed by atoms with Crippen LogP contribution in [0.3, 0.4) is 0 Å². The van der Waals surface area contributed by atoms with Crippen LogP contribution < -0.4 is 5.73 Å². The number of imidazole rings is 1. The van der Waals surface area contributed by atoms with Crippen molar-refractivity contribution < 1.29 is 4.39 Å². The second-order valence-electron chi connectivity index (χ2n) is 4.03. The van der Waals surface area contributed by atoms with E-state index in [1.807, 2.05) is 28.7 Å². The predicted octanol–water partition coefficient (Wildman–Crippen LogP) is 2.20. The first-order valence-corrected chi connectivity index (χ1v) is 6.60. The molecular weight excluding hydrogens is 360 g/mol. The maximum absolute atomic E-state index is 13.7. The highest BCUT2D eigenvalue weighted by Crippen LogP contribution is 2.23. The van der Waals surface area contributed by atoms with Crippen LogP contribution >= 0.6 is 22.6 Å². The normalized spacial score (nSPS) is 11.1. The van der Waals surface area contributed by atoms with Gasteiger partial charge in [0.05, 0.1) is 26.8 Å². The van der Waals surface area contributed by atoms with Crippen molar-refractivity contribution in [3.8, 4) is 0 Å². The van der Waals surface area contributed by atoms with Gasteiger partial charge in [-0.05, 0) is 40.8 Å². The van der Waals surface area contributed by atoms with Crippen LogP contribution in [0.4, 0.5) is 10.3 Å². The zero-order valence-electron chi connectivity index (χ0n) is 9.72. The first kappa shape index (κ1) is 12.3. The Morgan fingerprint density at radius 3 is 2.95 bits per heavy atom. The molecule has 0 bridgehead atoms. The lowest BCUT2D eigenvalue weighted by Gasteiger charge is -2.05. The van der Waals surface area contributed by atoms with E-state index in [2.05, 4.69) is 15.2 Å². The average molecular weight is 369 g/mol. The molecule has 0 radical (unpaired) electrons. The van der Waals surface area contributed by atoms with Crippen molar-refractivity contribution in [2.45, 2.75) is 6.54 Å². The third-order valence-corrected chi connectivity index (χ3v) is 3.59. The molecule has 2 N–H and O–H groups in total. The molecule has 19 heavy (non-hydrogen) atoms. The van der Waals surface area contributed by atoms with Crippen LogP contribution in [0.2, 0.25) is 0 Å². The summed E-state index contributed by atoms with van der Waals surface area (Å²) in [6.45, 7) is 0.413. The van der Waals surface area contributed by atoms with Gasteiger partial charge >= 0.3 is 0 Å². The standard InChI is InChI=1S/C12H9FIN5/c13-8-4-11-10(5-9(8)14)17-12(15)19(11)6-7-2-1-3-16-18-7/h1-5H,6H2,(H2,15,17). The molecular formula is C12H9FIN5. The third kappa shape index (κ3) is 2.25. The fraction of sp³-hybridized carbons (Fsp3) is 0.0833. The van der Waals surface area contributed by atoms with E-state index in [1.165, 1.54) is 6.07 Å². The second kappa shape index (κ2) is 4.72. The molecule has 0 aliphatic carbocycles. The third-order valence-electron chi connectivity index (χ3n) is 2.77. The number of halogens is 2. The Labute approximate surface area is 121 Å². The van der Waals surface area contributed by atoms with Gasteiger partial charge in [0.15, 0.2) is 0 Å². The highest BCUT2D eigenvalue weighted by atomic mass is 127. The first-order valence-electron chi connectivity index (χ1n) is 5.52. The van der Waals surface area contributed by atoms with E-state index in [-0.39, 0.29) is 5.82 Å². The number of rotatable bonds is 2. The van der Waals surface area contributed by atoms with Gasteiger partial charge < -0.3 is 10.3 Å². The lowest BCUT2D eigenvalue weighted by Crippen LogP contribution is -2.06. The number of nitrogen functional groups attached to an aromatic ring is 1. The van der Waals surface area contributed by atoms with Crippen molar-refractivity contribution in [2.75, 3.05) is 5.73 Å². The minimum Gasteiger partial charge on any atom is -0.369 e. The van der Waals surface area contributed by atoms with Crippen molar-refractivity contribution in [1.82, 2.24) is 19.7 Å². The summed E-state index contributed by atoms with van der Waals surface area (Å²) in [4.78, 5) is 4.23. The Kier molecular flexibility index (Phi) is 3.05. The lowest BCUT2D eigenvalue weighted by atomic mass is 10.3. The van der Waals surface area contributed by atoms with Gasteiger partial charge in [-0.25, -0.2) is 9.37 Å². The highest BCUT2D eigenvalue weighted by Gasteiger charge is 2.12. The maximum Gasteiger partial charge on any atom is 0.201 e. The molecule has 1 aromatic carbocycles. The van der Waals surface area contributed by atoms with Crippen molar-refractivity contribution in [2.24, 2.45) is 0 Å². The summed E-state index contributed by atoms with van der Waals surface area (Å²) in [6, 6.07) is 6.74. The molecule has 0 saturated heterocycles. The zero-order valence-corrected chi connectivity index (χ0v) is 11.9. The van der Waals surface area contributed by atoms with E-state index < -0.39 is 0 Å². The first-order chi connectivity index (χ1) is 9.15. The van der Waals surface area contributed by atoms with Crippen LogP contribution in [0.15, 0.2) is 30.5 Å². The van der Waals surface area contributed by atoms with E-state index in [0.717, 1.165) is 5.69 Å². The van der Waals surface area contributed by atoms with Crippen molar-refractivity contribution >= 4 is 39.6 Å². The summed E-state index contributed by atoms with van der Waals surface area (Å²) < 4.78 is 15.9. The molecule has 0 aliphatic heterocycles. The molecule has 7 heteroatoms. The minimum atomic E-state index is -0.284. The van der Waals surface area contributed by atoms with Crippen LogP contribution in [-0.2, 0) is 6.54 Å². The Bertz CT molecular complexity index is 741. The fourth-order valence-corrected chi connectivity index (χ4v) is 2.34. The Hall–Kier alpha value is -1.77. The number of nitrogens with zero attached hydrogens (tertiary/aromatic N) is 4. The average Bonchev–Trinajstić information content (AvgIpc) is 2.68. The molecule has 3 aromatic rings. The predicted molar refractivity (Wildman–Crippen MR) is 78.0 cm³/mol. The fourth-order valence-electron chi connectivity index (χ4n) is 1.88. The van der Waals surface area contributed by atoms with E-state index in [4.69, 9.17) is 5.73 Å². The summed E-state index contributed by atoms with van der Waals surface area (Å²) in [5, 5.41) is 7.80. The second-order valence-corrected chi connectivity index (χ2v) is 5.19. The van der Waals surface area contributed by atoms with Crippen LogP contribution in [0, 0.1) is 9.39 Å². The molecule has 0 aliphatic rings. The summed E-state index contributed by atoms with van der Waals surface area (Å²) in [5.41, 5.74) is 7.95. The summed E-state index contributed by atoms with van der Waals surface area (Å²) in [6.07, 6.45) is 1.60. The van der Waals surface area contributed by atoms with Crippen LogP contribution in [0.1, 0.15) is 5.69 Å². The van der Waals surface area contributed by atoms with Gasteiger partial charge in [-0.3, -0.25) is 0 Å². The maximum atomic E-state index is 13.7. The van der Waals surface area contributed by atoms with E-state index in [9.17, 15) is 4.39 Å². The highest BCUT2D eigenvalue weighted by molar-refractivity contribution is 14.1. The van der Waals surface area contributed by atoms with E-state index >= 15 is 0 Å². The number of hydrogen-bond acceptors (Lipinski definition) is 4. The molecule has 2 heterocycles. The Balaban J connectivity index is 2.13. The van der Waals surface area contributed by atoms with Crippen LogP contribution in [0.25, 0.3) is 11.0 Å². The number of fused-ring (bicyclic) bond motifs is 1. The van der Waals surface area contributed by atoms with Crippen molar-refractivity contribution in [3.05, 3.63) is 45.5 Å². The molecule has 0 atom stereocenters. The van der Waals surface area contributed by atoms with Gasteiger partial charge in [0.2, 0.25) is 5.95 Å². The molecule has 0 amide bonds. The van der Waals surface area contributed by atoms with Gasteiger partial charge in [0.1, 0.15) is 5.82 Å². The molecule has 5 nitrogen and oxygen atoms in total. The zero-order chi connectivity index (χ0) is 13.4. The Morgan fingerprint density at radius 1 is 1.37 bits per heavy atom. The number of nitrogens with two attached hydrogens (primary N) is 1. The van der Waals surface area contributed by atoms with Gasteiger partial charge in [-0.1, -0.05) is 0 Å². The van der Waals surface area contributed by atoms with Crippen LogP contribution in [-0.4, -0.2) is 19.7 Å². The van der Waals surface area contributed by atoms with Gasteiger partial charge in [-0.2, -0.15) is 10.2 Å². The lowest BCUT2D eigenvalue weighted by molar-refractivity contribution is 0.621. The molecule has 0 spiro atoms. The number of aromatic nitrogens is 4. The van der Waals surface area contributed by atoms with Gasteiger partial charge in [-0.15, -0.1) is 0 Å². The van der Waals surface area contributed by atoms with Gasteiger partial charge in [0.25, 0.3) is 0 Å². The number of benzene rings is 1. The summed E-state index contributed by atoms with van der Waals surface area (Å²) >= 11 is 1.93. The minimum absolute atomic E-state index is 0.284. The monoisotopic (exact) mass is 369 g/mol. The SMILES string of the molecule is Nc1nc2cc(I)c(F)cc2n1Cc1cccnn1. The Morgan fingerprint density at radius 2 is 2.21 bits per heavy atom.